The fourth-order valence-corrected chi connectivity index (χ4v) is 5.67. The summed E-state index contributed by atoms with van der Waals surface area (Å²) in [6.07, 6.45) is 2.62. The summed E-state index contributed by atoms with van der Waals surface area (Å²) in [5, 5.41) is 9.43. The van der Waals surface area contributed by atoms with Crippen LogP contribution in [-0.4, -0.2) is 96.7 Å². The Morgan fingerprint density at radius 2 is 1.76 bits per heavy atom. The predicted octanol–water partition coefficient (Wildman–Crippen LogP) is 3.56. The van der Waals surface area contributed by atoms with Gasteiger partial charge in [0.25, 0.3) is 0 Å². The Morgan fingerprint density at radius 1 is 1.07 bits per heavy atom. The standard InChI is InChI=1S/C34H55N5O6/c1-22(36-29(40)23(2)38(9)32(43)45-34(6,7)8)31(42)39-20-25(35-17-18-44-21-33(3,4)5)19-28(39)30(41)37-27-16-12-14-24-13-10-11-15-26(24)27/h10-11,13,15,22-23,25,27-28,35H,12,14,16-21H2,1-9H3,(H,36,40)(H,37,41)/t22-,23-,25-,27+,28-/m1/s1. The molecule has 0 bridgehead atoms. The van der Waals surface area contributed by atoms with Gasteiger partial charge >= 0.3 is 6.09 Å². The van der Waals surface area contributed by atoms with Gasteiger partial charge in [0.1, 0.15) is 23.7 Å². The summed E-state index contributed by atoms with van der Waals surface area (Å²) in [5.41, 5.74) is 1.73. The summed E-state index contributed by atoms with van der Waals surface area (Å²) < 4.78 is 11.2. The largest absolute Gasteiger partial charge is 0.444 e. The minimum Gasteiger partial charge on any atom is -0.444 e. The van der Waals surface area contributed by atoms with Crippen LogP contribution in [-0.2, 0) is 30.3 Å². The minimum absolute atomic E-state index is 0.0667. The average Bonchev–Trinajstić information content (AvgIpc) is 3.38. The molecule has 1 aliphatic carbocycles. The first-order valence-electron chi connectivity index (χ1n) is 16.2. The summed E-state index contributed by atoms with van der Waals surface area (Å²) in [4.78, 5) is 56.0. The van der Waals surface area contributed by atoms with Gasteiger partial charge in [-0.3, -0.25) is 19.3 Å². The first-order valence-corrected chi connectivity index (χ1v) is 16.2. The summed E-state index contributed by atoms with van der Waals surface area (Å²) in [6.45, 7) is 16.9. The van der Waals surface area contributed by atoms with Crippen LogP contribution < -0.4 is 16.0 Å². The SMILES string of the molecule is C[C@H](C(=O)N[C@H](C)C(=O)N1C[C@H](NCCOCC(C)(C)C)C[C@@H]1C(=O)N[C@H]1CCCc2ccccc21)N(C)C(=O)OC(C)(C)C. The van der Waals surface area contributed by atoms with Crippen LogP contribution in [0.2, 0.25) is 0 Å². The first kappa shape index (κ1) is 36.3. The normalized spacial score (nSPS) is 21.4. The van der Waals surface area contributed by atoms with Crippen LogP contribution in [0.5, 0.6) is 0 Å². The zero-order valence-corrected chi connectivity index (χ0v) is 28.7. The Kier molecular flexibility index (Phi) is 12.4. The van der Waals surface area contributed by atoms with Crippen molar-refractivity contribution in [3.8, 4) is 0 Å². The van der Waals surface area contributed by atoms with E-state index in [-0.39, 0.29) is 29.3 Å². The molecule has 1 fully saturated rings. The number of hydrogen-bond donors (Lipinski definition) is 3. The molecular weight excluding hydrogens is 574 g/mol. The maximum absolute atomic E-state index is 13.8. The Balaban J connectivity index is 1.68. The molecule has 1 aromatic carbocycles. The molecule has 0 radical (unpaired) electrons. The summed E-state index contributed by atoms with van der Waals surface area (Å²) in [7, 11) is 1.48. The number of likely N-dealkylation sites (tertiary alicyclic amines) is 1. The van der Waals surface area contributed by atoms with E-state index < -0.39 is 35.7 Å². The van der Waals surface area contributed by atoms with Crippen molar-refractivity contribution in [3.63, 3.8) is 0 Å². The predicted molar refractivity (Wildman–Crippen MR) is 174 cm³/mol. The van der Waals surface area contributed by atoms with Crippen molar-refractivity contribution in [2.24, 2.45) is 5.41 Å². The van der Waals surface area contributed by atoms with E-state index in [0.717, 1.165) is 24.8 Å². The Hall–Kier alpha value is -3.18. The van der Waals surface area contributed by atoms with Gasteiger partial charge in [-0.25, -0.2) is 4.79 Å². The lowest BCUT2D eigenvalue weighted by molar-refractivity contribution is -0.141. The fourth-order valence-electron chi connectivity index (χ4n) is 5.67. The molecule has 0 spiro atoms. The summed E-state index contributed by atoms with van der Waals surface area (Å²) >= 11 is 0. The van der Waals surface area contributed by atoms with Gasteiger partial charge in [-0.1, -0.05) is 45.0 Å². The molecule has 252 valence electrons. The van der Waals surface area contributed by atoms with Crippen molar-refractivity contribution >= 4 is 23.8 Å². The maximum Gasteiger partial charge on any atom is 0.410 e. The molecule has 2 aliphatic rings. The Bertz CT molecular complexity index is 1190. The third-order valence-electron chi connectivity index (χ3n) is 8.16. The number of fused-ring (bicyclic) bond motifs is 1. The number of likely N-dealkylation sites (N-methyl/N-ethyl adjacent to an activating group) is 1. The van der Waals surface area contributed by atoms with Gasteiger partial charge < -0.3 is 30.3 Å². The van der Waals surface area contributed by atoms with Crippen molar-refractivity contribution in [2.75, 3.05) is 33.4 Å². The number of nitrogens with one attached hydrogen (secondary N) is 3. The maximum atomic E-state index is 13.8. The molecule has 3 rings (SSSR count). The highest BCUT2D eigenvalue weighted by atomic mass is 16.6. The third kappa shape index (κ3) is 10.7. The van der Waals surface area contributed by atoms with Crippen LogP contribution >= 0.6 is 0 Å². The number of amides is 4. The minimum atomic E-state index is -0.911. The van der Waals surface area contributed by atoms with Crippen molar-refractivity contribution in [1.29, 1.82) is 0 Å². The first-order chi connectivity index (χ1) is 21.0. The Morgan fingerprint density at radius 3 is 2.42 bits per heavy atom. The molecule has 1 saturated heterocycles. The van der Waals surface area contributed by atoms with Crippen molar-refractivity contribution in [1.82, 2.24) is 25.8 Å². The number of benzene rings is 1. The van der Waals surface area contributed by atoms with Crippen molar-refractivity contribution in [2.45, 2.75) is 117 Å². The van der Waals surface area contributed by atoms with Gasteiger partial charge in [-0.15, -0.1) is 0 Å². The van der Waals surface area contributed by atoms with E-state index in [0.29, 0.717) is 32.7 Å². The molecule has 45 heavy (non-hydrogen) atoms. The highest BCUT2D eigenvalue weighted by Crippen LogP contribution is 2.30. The number of ether oxygens (including phenoxy) is 2. The molecule has 4 amide bonds. The van der Waals surface area contributed by atoms with Gasteiger partial charge in [0, 0.05) is 26.2 Å². The molecule has 3 N–H and O–H groups in total. The monoisotopic (exact) mass is 629 g/mol. The van der Waals surface area contributed by atoms with Crippen LogP contribution in [0.1, 0.15) is 91.8 Å². The van der Waals surface area contributed by atoms with E-state index in [1.165, 1.54) is 17.5 Å². The highest BCUT2D eigenvalue weighted by Gasteiger charge is 2.42. The molecule has 5 atom stereocenters. The molecule has 0 saturated carbocycles. The van der Waals surface area contributed by atoms with Gasteiger partial charge in [0.2, 0.25) is 17.7 Å². The van der Waals surface area contributed by atoms with Crippen molar-refractivity contribution in [3.05, 3.63) is 35.4 Å². The third-order valence-corrected chi connectivity index (χ3v) is 8.16. The number of carbonyl (C=O) groups is 4. The zero-order valence-electron chi connectivity index (χ0n) is 28.7. The van der Waals surface area contributed by atoms with Crippen LogP contribution in [0.3, 0.4) is 0 Å². The van der Waals surface area contributed by atoms with E-state index in [2.05, 4.69) is 48.9 Å². The molecule has 1 heterocycles. The van der Waals surface area contributed by atoms with E-state index in [1.807, 2.05) is 12.1 Å². The lowest BCUT2D eigenvalue weighted by Gasteiger charge is -2.31. The average molecular weight is 630 g/mol. The topological polar surface area (TPSA) is 129 Å². The number of carbonyl (C=O) groups excluding carboxylic acids is 4. The number of hydrogen-bond acceptors (Lipinski definition) is 7. The quantitative estimate of drug-likeness (QED) is 0.319. The lowest BCUT2D eigenvalue weighted by atomic mass is 9.87. The lowest BCUT2D eigenvalue weighted by Crippen LogP contribution is -2.55. The molecular formula is C34H55N5O6. The van der Waals surface area contributed by atoms with Crippen LogP contribution in [0.25, 0.3) is 0 Å². The van der Waals surface area contributed by atoms with Gasteiger partial charge in [0.15, 0.2) is 0 Å². The molecule has 11 nitrogen and oxygen atoms in total. The Labute approximate surface area is 269 Å². The van der Waals surface area contributed by atoms with E-state index in [9.17, 15) is 19.2 Å². The molecule has 1 aliphatic heterocycles. The second-order valence-electron chi connectivity index (χ2n) is 14.7. The zero-order chi connectivity index (χ0) is 33.5. The second kappa shape index (κ2) is 15.4. The molecule has 0 aromatic heterocycles. The number of aryl methyl sites for hydroxylation is 1. The summed E-state index contributed by atoms with van der Waals surface area (Å²) in [6, 6.07) is 5.47. The second-order valence-corrected chi connectivity index (χ2v) is 14.7. The van der Waals surface area contributed by atoms with Crippen LogP contribution in [0.15, 0.2) is 24.3 Å². The number of nitrogens with zero attached hydrogens (tertiary/aromatic N) is 2. The van der Waals surface area contributed by atoms with Crippen LogP contribution in [0, 0.1) is 5.41 Å². The van der Waals surface area contributed by atoms with Crippen LogP contribution in [0.4, 0.5) is 4.79 Å². The molecule has 0 unspecified atom stereocenters. The van der Waals surface area contributed by atoms with E-state index in [4.69, 9.17) is 9.47 Å². The number of rotatable bonds is 11. The van der Waals surface area contributed by atoms with Crippen molar-refractivity contribution < 1.29 is 28.7 Å². The van der Waals surface area contributed by atoms with E-state index >= 15 is 0 Å². The fraction of sp³-hybridized carbons (Fsp3) is 0.706. The summed E-state index contributed by atoms with van der Waals surface area (Å²) in [5.74, 6) is -1.04. The van der Waals surface area contributed by atoms with Gasteiger partial charge in [-0.2, -0.15) is 0 Å². The van der Waals surface area contributed by atoms with Gasteiger partial charge in [0.05, 0.1) is 19.3 Å². The van der Waals surface area contributed by atoms with Gasteiger partial charge in [-0.05, 0) is 76.8 Å². The molecule has 11 heteroatoms. The smallest absolute Gasteiger partial charge is 0.410 e. The molecule has 1 aromatic rings. The van der Waals surface area contributed by atoms with E-state index in [1.54, 1.807) is 39.5 Å². The highest BCUT2D eigenvalue weighted by molar-refractivity contribution is 5.94.